The van der Waals surface area contributed by atoms with Gasteiger partial charge in [0, 0.05) is 31.9 Å². The van der Waals surface area contributed by atoms with Crippen LogP contribution in [0.3, 0.4) is 0 Å². The van der Waals surface area contributed by atoms with Crippen LogP contribution < -0.4 is 15.0 Å². The first-order chi connectivity index (χ1) is 12.6. The summed E-state index contributed by atoms with van der Waals surface area (Å²) in [4.78, 5) is 6.69. The molecule has 0 amide bonds. The highest BCUT2D eigenvalue weighted by molar-refractivity contribution is 5.44. The number of benzene rings is 1. The minimum Gasteiger partial charge on any atom is -0.496 e. The number of anilines is 1. The fourth-order valence-corrected chi connectivity index (χ4v) is 3.68. The maximum atomic E-state index is 8.87. The van der Waals surface area contributed by atoms with Crippen LogP contribution in [-0.2, 0) is 6.54 Å². The number of rotatable bonds is 5. The van der Waals surface area contributed by atoms with Crippen molar-refractivity contribution in [1.82, 2.24) is 10.3 Å². The van der Waals surface area contributed by atoms with E-state index >= 15 is 0 Å². The second-order valence-corrected chi connectivity index (χ2v) is 6.92. The molecule has 0 spiro atoms. The number of ether oxygens (including phenoxy) is 1. The number of methoxy groups -OCH3 is 1. The fourth-order valence-electron chi connectivity index (χ4n) is 3.68. The van der Waals surface area contributed by atoms with Crippen molar-refractivity contribution < 1.29 is 4.74 Å². The Kier molecular flexibility index (Phi) is 5.75. The zero-order valence-corrected chi connectivity index (χ0v) is 15.7. The van der Waals surface area contributed by atoms with Crippen molar-refractivity contribution in [3.05, 3.63) is 52.7 Å². The molecule has 1 N–H and O–H groups in total. The van der Waals surface area contributed by atoms with Gasteiger partial charge in [0.2, 0.25) is 0 Å². The predicted molar refractivity (Wildman–Crippen MR) is 103 cm³/mol. The van der Waals surface area contributed by atoms with Gasteiger partial charge < -0.3 is 15.0 Å². The number of nitrogens with zero attached hydrogens (tertiary/aromatic N) is 3. The topological polar surface area (TPSA) is 61.2 Å². The lowest BCUT2D eigenvalue weighted by Crippen LogP contribution is -2.42. The molecule has 0 aliphatic carbocycles. The summed E-state index contributed by atoms with van der Waals surface area (Å²) in [7, 11) is 1.73. The molecular formula is C21H26N4O. The van der Waals surface area contributed by atoms with E-state index in [0.29, 0.717) is 11.6 Å². The molecule has 2 heterocycles. The molecule has 136 valence electrons. The molecule has 3 rings (SSSR count). The van der Waals surface area contributed by atoms with Crippen molar-refractivity contribution in [1.29, 1.82) is 5.26 Å². The van der Waals surface area contributed by atoms with Crippen molar-refractivity contribution in [3.63, 3.8) is 0 Å². The SMILES string of the molecule is COc1c(C)cc(CNC2CCN(c3ccc(C#N)cn3)CC2)cc1C. The Hall–Kier alpha value is -2.58. The minimum atomic E-state index is 0.521. The third-order valence-corrected chi connectivity index (χ3v) is 5.02. The predicted octanol–water partition coefficient (Wildman–Crippen LogP) is 3.34. The van der Waals surface area contributed by atoms with Crippen LogP contribution in [-0.4, -0.2) is 31.2 Å². The molecule has 5 heteroatoms. The van der Waals surface area contributed by atoms with E-state index < -0.39 is 0 Å². The molecule has 1 saturated heterocycles. The number of aryl methyl sites for hydroxylation is 2. The third-order valence-electron chi connectivity index (χ3n) is 5.02. The molecule has 1 aromatic heterocycles. The normalized spacial score (nSPS) is 14.9. The van der Waals surface area contributed by atoms with Gasteiger partial charge in [0.15, 0.2) is 0 Å². The molecule has 1 aliphatic heterocycles. The first-order valence-corrected chi connectivity index (χ1v) is 9.09. The molecule has 0 radical (unpaired) electrons. The summed E-state index contributed by atoms with van der Waals surface area (Å²) >= 11 is 0. The van der Waals surface area contributed by atoms with Crippen molar-refractivity contribution in [2.45, 2.75) is 39.3 Å². The molecule has 0 bridgehead atoms. The molecule has 0 atom stereocenters. The highest BCUT2D eigenvalue weighted by Crippen LogP contribution is 2.24. The van der Waals surface area contributed by atoms with E-state index in [2.05, 4.69) is 47.3 Å². The van der Waals surface area contributed by atoms with Crippen LogP contribution in [0.4, 0.5) is 5.82 Å². The lowest BCUT2D eigenvalue weighted by atomic mass is 10.0. The monoisotopic (exact) mass is 350 g/mol. The van der Waals surface area contributed by atoms with Crippen molar-refractivity contribution >= 4 is 5.82 Å². The third kappa shape index (κ3) is 4.14. The van der Waals surface area contributed by atoms with Gasteiger partial charge in [-0.1, -0.05) is 12.1 Å². The summed E-state index contributed by atoms with van der Waals surface area (Å²) in [6.07, 6.45) is 3.83. The van der Waals surface area contributed by atoms with Gasteiger partial charge in [0.1, 0.15) is 17.6 Å². The highest BCUT2D eigenvalue weighted by Gasteiger charge is 2.20. The number of piperidine rings is 1. The van der Waals surface area contributed by atoms with Gasteiger partial charge in [-0.3, -0.25) is 0 Å². The van der Waals surface area contributed by atoms with Crippen molar-refractivity contribution in [2.24, 2.45) is 0 Å². The second kappa shape index (κ2) is 8.20. The smallest absolute Gasteiger partial charge is 0.128 e. The number of nitriles is 1. The lowest BCUT2D eigenvalue weighted by Gasteiger charge is -2.33. The summed E-state index contributed by atoms with van der Waals surface area (Å²) in [5, 5.41) is 12.6. The molecule has 1 aromatic carbocycles. The van der Waals surface area contributed by atoms with E-state index in [1.54, 1.807) is 13.3 Å². The van der Waals surface area contributed by atoms with Crippen LogP contribution in [0.5, 0.6) is 5.75 Å². The quantitative estimate of drug-likeness (QED) is 0.896. The van der Waals surface area contributed by atoms with Gasteiger partial charge in [-0.25, -0.2) is 4.98 Å². The standard InChI is InChI=1S/C21H26N4O/c1-15-10-18(11-16(2)21(15)26-3)14-23-19-6-8-25(9-7-19)20-5-4-17(12-22)13-24-20/h4-5,10-11,13,19,23H,6-9,14H2,1-3H3. The average molecular weight is 350 g/mol. The Balaban J connectivity index is 1.52. The highest BCUT2D eigenvalue weighted by atomic mass is 16.5. The van der Waals surface area contributed by atoms with Crippen LogP contribution in [0.15, 0.2) is 30.5 Å². The van der Waals surface area contributed by atoms with Crippen LogP contribution in [0.2, 0.25) is 0 Å². The van der Waals surface area contributed by atoms with E-state index in [0.717, 1.165) is 44.0 Å². The summed E-state index contributed by atoms with van der Waals surface area (Å²) in [5.41, 5.74) is 4.28. The Bertz CT molecular complexity index is 764. The van der Waals surface area contributed by atoms with Gasteiger partial charge in [-0.2, -0.15) is 5.26 Å². The van der Waals surface area contributed by atoms with E-state index in [4.69, 9.17) is 10.00 Å². The van der Waals surface area contributed by atoms with Gasteiger partial charge in [-0.05, 0) is 55.5 Å². The molecule has 1 fully saturated rings. The molecule has 0 unspecified atom stereocenters. The van der Waals surface area contributed by atoms with E-state index in [9.17, 15) is 0 Å². The largest absolute Gasteiger partial charge is 0.496 e. The number of hydrogen-bond acceptors (Lipinski definition) is 5. The van der Waals surface area contributed by atoms with Gasteiger partial charge >= 0.3 is 0 Å². The summed E-state index contributed by atoms with van der Waals surface area (Å²) in [6.45, 7) is 7.04. The second-order valence-electron chi connectivity index (χ2n) is 6.92. The minimum absolute atomic E-state index is 0.521. The van der Waals surface area contributed by atoms with Crippen molar-refractivity contribution in [3.8, 4) is 11.8 Å². The van der Waals surface area contributed by atoms with E-state index in [-0.39, 0.29) is 0 Å². The summed E-state index contributed by atoms with van der Waals surface area (Å²) < 4.78 is 5.44. The molecule has 2 aromatic rings. The van der Waals surface area contributed by atoms with Gasteiger partial charge in [0.05, 0.1) is 12.7 Å². The Morgan fingerprint density at radius 3 is 2.46 bits per heavy atom. The molecule has 1 aliphatic rings. The van der Waals surface area contributed by atoms with Gasteiger partial charge in [0.25, 0.3) is 0 Å². The maximum Gasteiger partial charge on any atom is 0.128 e. The molecular weight excluding hydrogens is 324 g/mol. The lowest BCUT2D eigenvalue weighted by molar-refractivity contribution is 0.405. The first-order valence-electron chi connectivity index (χ1n) is 9.09. The zero-order chi connectivity index (χ0) is 18.5. The molecule has 26 heavy (non-hydrogen) atoms. The van der Waals surface area contributed by atoms with Crippen LogP contribution in [0, 0.1) is 25.2 Å². The summed E-state index contributed by atoms with van der Waals surface area (Å²) in [6, 6.07) is 10.8. The zero-order valence-electron chi connectivity index (χ0n) is 15.7. The van der Waals surface area contributed by atoms with E-state index in [1.807, 2.05) is 12.1 Å². The number of pyridine rings is 1. The van der Waals surface area contributed by atoms with Crippen LogP contribution in [0.1, 0.15) is 35.1 Å². The fraction of sp³-hybridized carbons (Fsp3) is 0.429. The summed E-state index contributed by atoms with van der Waals surface area (Å²) in [5.74, 6) is 1.95. The first kappa shape index (κ1) is 18.2. The maximum absolute atomic E-state index is 8.87. The number of aromatic nitrogens is 1. The van der Waals surface area contributed by atoms with E-state index in [1.165, 1.54) is 16.7 Å². The average Bonchev–Trinajstić information content (AvgIpc) is 2.67. The Morgan fingerprint density at radius 2 is 1.92 bits per heavy atom. The Morgan fingerprint density at radius 1 is 1.23 bits per heavy atom. The van der Waals surface area contributed by atoms with Crippen LogP contribution >= 0.6 is 0 Å². The van der Waals surface area contributed by atoms with Gasteiger partial charge in [-0.15, -0.1) is 0 Å². The number of hydrogen-bond donors (Lipinski definition) is 1. The number of nitrogens with one attached hydrogen (secondary N) is 1. The molecule has 5 nitrogen and oxygen atoms in total. The Labute approximate surface area is 155 Å². The van der Waals surface area contributed by atoms with Crippen LogP contribution in [0.25, 0.3) is 0 Å². The molecule has 0 saturated carbocycles. The van der Waals surface area contributed by atoms with Crippen molar-refractivity contribution in [2.75, 3.05) is 25.1 Å².